The number of allylic oxidation sites excluding steroid dienone is 1. The highest BCUT2D eigenvalue weighted by Gasteiger charge is 2.32. The molecule has 0 aromatic heterocycles. The molecule has 0 unspecified atom stereocenters. The number of ketones is 2. The zero-order valence-corrected chi connectivity index (χ0v) is 22.6. The molecule has 0 bridgehead atoms. The summed E-state index contributed by atoms with van der Waals surface area (Å²) in [6.07, 6.45) is 21.0. The van der Waals surface area contributed by atoms with Gasteiger partial charge in [0.2, 0.25) is 0 Å². The molecule has 1 aliphatic carbocycles. The van der Waals surface area contributed by atoms with Gasteiger partial charge in [0, 0.05) is 30.4 Å². The van der Waals surface area contributed by atoms with Gasteiger partial charge in [-0.15, -0.1) is 0 Å². The first-order chi connectivity index (χ1) is 17.6. The molecule has 3 rings (SSSR count). The van der Waals surface area contributed by atoms with E-state index in [1.807, 2.05) is 12.1 Å². The number of hydrogen-bond acceptors (Lipinski definition) is 3. The first-order valence-corrected chi connectivity index (χ1v) is 14.3. The average molecular weight is 488 g/mol. The first kappa shape index (κ1) is 27.9. The molecule has 0 atom stereocenters. The van der Waals surface area contributed by atoms with Crippen LogP contribution in [0.5, 0.6) is 0 Å². The van der Waals surface area contributed by atoms with Crippen molar-refractivity contribution in [2.24, 2.45) is 0 Å². The molecule has 0 spiro atoms. The van der Waals surface area contributed by atoms with E-state index in [9.17, 15) is 9.59 Å². The third-order valence-corrected chi connectivity index (χ3v) is 7.40. The summed E-state index contributed by atoms with van der Waals surface area (Å²) in [5.41, 5.74) is 3.34. The quantitative estimate of drug-likeness (QED) is 0.127. The maximum Gasteiger partial charge on any atom is 0.197 e. The number of fused-ring (bicyclic) bond motifs is 1. The fourth-order valence-corrected chi connectivity index (χ4v) is 5.07. The number of Topliss-reactive ketones (excluding diaryl/α,β-unsaturated/α-hetero) is 2. The van der Waals surface area contributed by atoms with Gasteiger partial charge in [-0.2, -0.15) is 0 Å². The van der Waals surface area contributed by atoms with Crippen molar-refractivity contribution in [2.75, 3.05) is 18.5 Å². The Labute approximate surface area is 219 Å². The Morgan fingerprint density at radius 2 is 1.06 bits per heavy atom. The van der Waals surface area contributed by atoms with E-state index < -0.39 is 0 Å². The van der Waals surface area contributed by atoms with Gasteiger partial charge in [0.25, 0.3) is 0 Å². The van der Waals surface area contributed by atoms with Crippen LogP contribution in [0.3, 0.4) is 0 Å². The number of carbonyl (C=O) groups is 2. The van der Waals surface area contributed by atoms with Crippen LogP contribution < -0.4 is 4.90 Å². The van der Waals surface area contributed by atoms with Gasteiger partial charge in [0.05, 0.1) is 5.57 Å². The summed E-state index contributed by atoms with van der Waals surface area (Å²) >= 11 is 0. The van der Waals surface area contributed by atoms with Gasteiger partial charge in [-0.05, 0) is 30.2 Å². The Morgan fingerprint density at radius 1 is 0.611 bits per heavy atom. The van der Waals surface area contributed by atoms with Crippen molar-refractivity contribution in [3.63, 3.8) is 0 Å². The Bertz CT molecular complexity index is 952. The van der Waals surface area contributed by atoms with Gasteiger partial charge in [0.15, 0.2) is 11.6 Å². The molecular weight excluding hydrogens is 442 g/mol. The second-order valence-corrected chi connectivity index (χ2v) is 10.4. The predicted octanol–water partition coefficient (Wildman–Crippen LogP) is 9.07. The Balaban J connectivity index is 1.28. The van der Waals surface area contributed by atoms with Crippen LogP contribution in [-0.2, 0) is 0 Å². The zero-order valence-electron chi connectivity index (χ0n) is 22.6. The highest BCUT2D eigenvalue weighted by Crippen LogP contribution is 2.28. The van der Waals surface area contributed by atoms with Crippen LogP contribution in [-0.4, -0.2) is 25.2 Å². The van der Waals surface area contributed by atoms with E-state index in [1.54, 1.807) is 30.3 Å². The third-order valence-electron chi connectivity index (χ3n) is 7.40. The number of hydrogen-bond donors (Lipinski definition) is 0. The number of rotatable bonds is 17. The second-order valence-electron chi connectivity index (χ2n) is 10.4. The van der Waals surface area contributed by atoms with Gasteiger partial charge >= 0.3 is 0 Å². The molecule has 0 aliphatic heterocycles. The van der Waals surface area contributed by atoms with Crippen LogP contribution in [0.4, 0.5) is 5.69 Å². The predicted molar refractivity (Wildman–Crippen MR) is 153 cm³/mol. The highest BCUT2D eigenvalue weighted by atomic mass is 16.2. The van der Waals surface area contributed by atoms with Crippen LogP contribution in [0.25, 0.3) is 6.08 Å². The minimum absolute atomic E-state index is 0.172. The maximum atomic E-state index is 12.6. The lowest BCUT2D eigenvalue weighted by Gasteiger charge is -2.19. The van der Waals surface area contributed by atoms with Crippen molar-refractivity contribution in [2.45, 2.75) is 96.8 Å². The van der Waals surface area contributed by atoms with Crippen molar-refractivity contribution in [1.82, 2.24) is 0 Å². The van der Waals surface area contributed by atoms with Gasteiger partial charge in [0.1, 0.15) is 0 Å². The normalized spacial score (nSPS) is 12.8. The number of unbranched alkanes of at least 4 members (excludes halogenated alkanes) is 13. The van der Waals surface area contributed by atoms with Crippen LogP contribution in [0.15, 0.2) is 54.1 Å². The summed E-state index contributed by atoms with van der Waals surface area (Å²) in [6.45, 7) is 3.33. The summed E-state index contributed by atoms with van der Waals surface area (Å²) in [5.74, 6) is -0.343. The van der Waals surface area contributed by atoms with Gasteiger partial charge in [-0.1, -0.05) is 127 Å². The minimum Gasteiger partial charge on any atom is -0.375 e. The molecule has 1 aliphatic rings. The lowest BCUT2D eigenvalue weighted by molar-refractivity contribution is 0.0990. The number of anilines is 1. The van der Waals surface area contributed by atoms with E-state index in [4.69, 9.17) is 0 Å². The summed E-state index contributed by atoms with van der Waals surface area (Å²) in [4.78, 5) is 27.5. The number of benzene rings is 2. The molecule has 3 nitrogen and oxygen atoms in total. The molecule has 0 saturated carbocycles. The van der Waals surface area contributed by atoms with E-state index in [2.05, 4.69) is 31.0 Å². The number of nitrogens with zero attached hydrogens (tertiary/aromatic N) is 1. The lowest BCUT2D eigenvalue weighted by Crippen LogP contribution is -2.18. The van der Waals surface area contributed by atoms with Gasteiger partial charge < -0.3 is 4.90 Å². The molecule has 0 saturated heterocycles. The van der Waals surface area contributed by atoms with Crippen molar-refractivity contribution in [3.8, 4) is 0 Å². The van der Waals surface area contributed by atoms with Crippen molar-refractivity contribution in [3.05, 3.63) is 70.8 Å². The average Bonchev–Trinajstić information content (AvgIpc) is 3.14. The lowest BCUT2D eigenvalue weighted by atomic mass is 10.0. The molecule has 2 aromatic rings. The fourth-order valence-electron chi connectivity index (χ4n) is 5.07. The Hall–Kier alpha value is -2.68. The van der Waals surface area contributed by atoms with E-state index in [0.717, 1.165) is 12.1 Å². The Morgan fingerprint density at radius 3 is 1.53 bits per heavy atom. The highest BCUT2D eigenvalue weighted by molar-refractivity contribution is 6.41. The van der Waals surface area contributed by atoms with E-state index in [1.165, 1.54) is 95.6 Å². The van der Waals surface area contributed by atoms with Crippen LogP contribution in [0, 0.1) is 0 Å². The van der Waals surface area contributed by atoms with E-state index in [0.29, 0.717) is 11.1 Å². The Kier molecular flexibility index (Phi) is 12.0. The molecular formula is C33H45NO2. The first-order valence-electron chi connectivity index (χ1n) is 14.3. The summed E-state index contributed by atoms with van der Waals surface area (Å²) in [7, 11) is 2.14. The van der Waals surface area contributed by atoms with Crippen LogP contribution in [0.1, 0.15) is 123 Å². The van der Waals surface area contributed by atoms with Crippen LogP contribution in [0.2, 0.25) is 0 Å². The molecule has 3 heteroatoms. The van der Waals surface area contributed by atoms with Gasteiger partial charge in [-0.3, -0.25) is 9.59 Å². The maximum absolute atomic E-state index is 12.6. The van der Waals surface area contributed by atoms with Crippen molar-refractivity contribution in [1.29, 1.82) is 0 Å². The second kappa shape index (κ2) is 15.4. The molecule has 36 heavy (non-hydrogen) atoms. The molecule has 0 heterocycles. The molecule has 2 aromatic carbocycles. The molecule has 0 N–H and O–H groups in total. The summed E-state index contributed by atoms with van der Waals surface area (Å²) < 4.78 is 0. The monoisotopic (exact) mass is 487 g/mol. The summed E-state index contributed by atoms with van der Waals surface area (Å²) in [5, 5.41) is 0. The molecule has 194 valence electrons. The number of carbonyl (C=O) groups excluding carboxylic acids is 2. The van der Waals surface area contributed by atoms with Crippen molar-refractivity contribution < 1.29 is 9.59 Å². The topological polar surface area (TPSA) is 37.4 Å². The van der Waals surface area contributed by atoms with E-state index in [-0.39, 0.29) is 17.1 Å². The van der Waals surface area contributed by atoms with Crippen molar-refractivity contribution >= 4 is 23.3 Å². The molecule has 0 amide bonds. The molecule has 0 fully saturated rings. The fraction of sp³-hybridized carbons (Fsp3) is 0.515. The SMILES string of the molecule is CCCCCCCCCCCCCCCCN(C)c1ccc(C=C2C(=O)c3ccccc3C2=O)cc1. The largest absolute Gasteiger partial charge is 0.375 e. The smallest absolute Gasteiger partial charge is 0.197 e. The standard InChI is InChI=1S/C33H45NO2/c1-3-4-5-6-7-8-9-10-11-12-13-14-15-18-25-34(2)28-23-21-27(22-24-28)26-31-32(35)29-19-16-17-20-30(29)33(31)36/h16-17,19-24,26H,3-15,18,25H2,1-2H3. The molecule has 0 radical (unpaired) electrons. The summed E-state index contributed by atoms with van der Waals surface area (Å²) in [6, 6.07) is 15.2. The van der Waals surface area contributed by atoms with E-state index >= 15 is 0 Å². The zero-order chi connectivity index (χ0) is 25.6. The minimum atomic E-state index is -0.172. The van der Waals surface area contributed by atoms with Gasteiger partial charge in [-0.25, -0.2) is 0 Å². The third kappa shape index (κ3) is 8.47. The van der Waals surface area contributed by atoms with Crippen LogP contribution >= 0.6 is 0 Å².